The van der Waals surface area contributed by atoms with E-state index in [9.17, 15) is 14.0 Å². The van der Waals surface area contributed by atoms with Crippen LogP contribution >= 0.6 is 11.6 Å². The third-order valence-electron chi connectivity index (χ3n) is 5.25. The molecule has 6 nitrogen and oxygen atoms in total. The number of amides is 2. The van der Waals surface area contributed by atoms with Crippen molar-refractivity contribution in [2.75, 3.05) is 11.4 Å². The first kappa shape index (κ1) is 22.5. The van der Waals surface area contributed by atoms with E-state index in [2.05, 4.69) is 10.5 Å². The van der Waals surface area contributed by atoms with Crippen LogP contribution in [0.3, 0.4) is 0 Å². The third-order valence-corrected chi connectivity index (χ3v) is 5.62. The summed E-state index contributed by atoms with van der Waals surface area (Å²) < 4.78 is 18.9. The molecule has 0 radical (unpaired) electrons. The quantitative estimate of drug-likeness (QED) is 0.410. The van der Waals surface area contributed by atoms with Crippen LogP contribution in [0.15, 0.2) is 77.9 Å². The number of anilines is 1. The lowest BCUT2D eigenvalue weighted by Crippen LogP contribution is -2.30. The van der Waals surface area contributed by atoms with Gasteiger partial charge in [0.2, 0.25) is 11.8 Å². The van der Waals surface area contributed by atoms with Gasteiger partial charge in [0.1, 0.15) is 18.2 Å². The van der Waals surface area contributed by atoms with Gasteiger partial charge < -0.3 is 9.64 Å². The fraction of sp³-hybridized carbons (Fsp3) is 0.160. The lowest BCUT2D eigenvalue weighted by Gasteiger charge is -2.16. The Morgan fingerprint density at radius 2 is 1.85 bits per heavy atom. The SMILES string of the molecule is O=C(N/N=C\c1ccc(OCc2ccccc2Cl)cc1)[C@H]1CC(=O)N(c2ccc(F)cc2)C1. The van der Waals surface area contributed by atoms with Gasteiger partial charge in [-0.25, -0.2) is 9.82 Å². The maximum atomic E-state index is 13.1. The molecule has 8 heteroatoms. The number of nitrogens with zero attached hydrogens (tertiary/aromatic N) is 2. The standard InChI is InChI=1S/C25H21ClFN3O3/c26-23-4-2-1-3-18(23)16-33-22-11-5-17(6-12-22)14-28-29-25(32)19-13-24(31)30(15-19)21-9-7-20(27)8-10-21/h1-12,14,19H,13,15-16H2,(H,29,32)/b28-14-/t19-/m0/s1. The van der Waals surface area contributed by atoms with Crippen molar-refractivity contribution in [1.82, 2.24) is 5.43 Å². The van der Waals surface area contributed by atoms with Gasteiger partial charge in [-0.05, 0) is 60.2 Å². The highest BCUT2D eigenvalue weighted by atomic mass is 35.5. The van der Waals surface area contributed by atoms with E-state index in [0.29, 0.717) is 23.1 Å². The van der Waals surface area contributed by atoms with Gasteiger partial charge in [0.25, 0.3) is 0 Å². The molecular formula is C25H21ClFN3O3. The summed E-state index contributed by atoms with van der Waals surface area (Å²) in [7, 11) is 0. The number of halogens is 2. The highest BCUT2D eigenvalue weighted by Gasteiger charge is 2.35. The van der Waals surface area contributed by atoms with Crippen LogP contribution in [0.4, 0.5) is 10.1 Å². The van der Waals surface area contributed by atoms with E-state index in [1.54, 1.807) is 12.1 Å². The molecule has 0 saturated carbocycles. The van der Waals surface area contributed by atoms with Gasteiger partial charge in [0.05, 0.1) is 12.1 Å². The van der Waals surface area contributed by atoms with Crippen molar-refractivity contribution in [3.8, 4) is 5.75 Å². The minimum atomic E-state index is -0.528. The third kappa shape index (κ3) is 5.75. The molecule has 0 aromatic heterocycles. The summed E-state index contributed by atoms with van der Waals surface area (Å²) in [6.07, 6.45) is 1.60. The number of hydrazone groups is 1. The molecule has 33 heavy (non-hydrogen) atoms. The predicted molar refractivity (Wildman–Crippen MR) is 125 cm³/mol. The van der Waals surface area contributed by atoms with Crippen molar-refractivity contribution in [3.05, 3.63) is 94.8 Å². The molecule has 0 aliphatic carbocycles. The molecule has 2 amide bonds. The minimum absolute atomic E-state index is 0.0796. The molecule has 3 aromatic rings. The van der Waals surface area contributed by atoms with Gasteiger partial charge >= 0.3 is 0 Å². The van der Waals surface area contributed by atoms with E-state index in [1.807, 2.05) is 36.4 Å². The second-order valence-electron chi connectivity index (χ2n) is 7.57. The Balaban J connectivity index is 1.27. The first-order chi connectivity index (χ1) is 16.0. The number of rotatable bonds is 7. The van der Waals surface area contributed by atoms with Crippen molar-refractivity contribution in [1.29, 1.82) is 0 Å². The van der Waals surface area contributed by atoms with Gasteiger partial charge in [-0.1, -0.05) is 29.8 Å². The molecule has 1 aliphatic rings. The van der Waals surface area contributed by atoms with E-state index in [1.165, 1.54) is 35.4 Å². The lowest BCUT2D eigenvalue weighted by atomic mass is 10.1. The summed E-state index contributed by atoms with van der Waals surface area (Å²) in [5.74, 6) is -0.752. The summed E-state index contributed by atoms with van der Waals surface area (Å²) in [6.45, 7) is 0.585. The fourth-order valence-electron chi connectivity index (χ4n) is 3.44. The largest absolute Gasteiger partial charge is 0.489 e. The van der Waals surface area contributed by atoms with Crippen LogP contribution in [0.25, 0.3) is 0 Å². The Labute approximate surface area is 195 Å². The Morgan fingerprint density at radius 1 is 1.12 bits per heavy atom. The molecule has 1 saturated heterocycles. The summed E-state index contributed by atoms with van der Waals surface area (Å²) in [5, 5.41) is 4.65. The van der Waals surface area contributed by atoms with Crippen molar-refractivity contribution in [2.24, 2.45) is 11.0 Å². The molecule has 1 N–H and O–H groups in total. The van der Waals surface area contributed by atoms with Crippen LogP contribution < -0.4 is 15.1 Å². The zero-order valence-corrected chi connectivity index (χ0v) is 18.3. The first-order valence-electron chi connectivity index (χ1n) is 10.3. The van der Waals surface area contributed by atoms with Crippen molar-refractivity contribution < 1.29 is 18.7 Å². The molecule has 168 valence electrons. The number of benzene rings is 3. The van der Waals surface area contributed by atoms with Crippen molar-refractivity contribution in [2.45, 2.75) is 13.0 Å². The topological polar surface area (TPSA) is 71.0 Å². The molecule has 0 unspecified atom stereocenters. The monoisotopic (exact) mass is 465 g/mol. The molecular weight excluding hydrogens is 445 g/mol. The van der Waals surface area contributed by atoms with Crippen LogP contribution in [-0.2, 0) is 16.2 Å². The van der Waals surface area contributed by atoms with Gasteiger partial charge in [-0.2, -0.15) is 5.10 Å². The highest BCUT2D eigenvalue weighted by molar-refractivity contribution is 6.31. The zero-order valence-electron chi connectivity index (χ0n) is 17.6. The number of hydrogen-bond donors (Lipinski definition) is 1. The van der Waals surface area contributed by atoms with Crippen LogP contribution in [0, 0.1) is 11.7 Å². The first-order valence-corrected chi connectivity index (χ1v) is 10.7. The summed E-state index contributed by atoms with van der Waals surface area (Å²) >= 11 is 6.13. The van der Waals surface area contributed by atoms with Crippen molar-refractivity contribution >= 4 is 35.3 Å². The summed E-state index contributed by atoms with van der Waals surface area (Å²) in [4.78, 5) is 26.2. The smallest absolute Gasteiger partial charge is 0.245 e. The molecule has 1 atom stereocenters. The zero-order chi connectivity index (χ0) is 23.2. The molecule has 1 aliphatic heterocycles. The number of ether oxygens (including phenoxy) is 1. The Hall–Kier alpha value is -3.71. The number of nitrogens with one attached hydrogen (secondary N) is 1. The van der Waals surface area contributed by atoms with E-state index in [-0.39, 0.29) is 30.6 Å². The number of hydrogen-bond acceptors (Lipinski definition) is 4. The second kappa shape index (κ2) is 10.3. The van der Waals surface area contributed by atoms with Crippen LogP contribution in [0.5, 0.6) is 5.75 Å². The average molecular weight is 466 g/mol. The summed E-state index contributed by atoms with van der Waals surface area (Å²) in [6, 6.07) is 20.3. The predicted octanol–water partition coefficient (Wildman–Crippen LogP) is 4.56. The van der Waals surface area contributed by atoms with Gasteiger partial charge in [-0.3, -0.25) is 9.59 Å². The van der Waals surface area contributed by atoms with E-state index in [0.717, 1.165) is 11.1 Å². The van der Waals surface area contributed by atoms with Crippen LogP contribution in [0.2, 0.25) is 5.02 Å². The minimum Gasteiger partial charge on any atom is -0.489 e. The van der Waals surface area contributed by atoms with Crippen molar-refractivity contribution in [3.63, 3.8) is 0 Å². The van der Waals surface area contributed by atoms with Gasteiger partial charge in [0, 0.05) is 29.2 Å². The Morgan fingerprint density at radius 3 is 2.58 bits per heavy atom. The molecule has 0 spiro atoms. The van der Waals surface area contributed by atoms with Gasteiger partial charge in [-0.15, -0.1) is 0 Å². The molecule has 4 rings (SSSR count). The fourth-order valence-corrected chi connectivity index (χ4v) is 3.63. The lowest BCUT2D eigenvalue weighted by molar-refractivity contribution is -0.126. The number of carbonyl (C=O) groups excluding carboxylic acids is 2. The molecule has 1 heterocycles. The maximum absolute atomic E-state index is 13.1. The second-order valence-corrected chi connectivity index (χ2v) is 7.97. The molecule has 0 bridgehead atoms. The van der Waals surface area contributed by atoms with E-state index >= 15 is 0 Å². The maximum Gasteiger partial charge on any atom is 0.245 e. The van der Waals surface area contributed by atoms with Gasteiger partial charge in [0.15, 0.2) is 0 Å². The highest BCUT2D eigenvalue weighted by Crippen LogP contribution is 2.25. The van der Waals surface area contributed by atoms with E-state index < -0.39 is 5.92 Å². The molecule has 3 aromatic carbocycles. The Kier molecular flexibility index (Phi) is 7.00. The number of carbonyl (C=O) groups is 2. The van der Waals surface area contributed by atoms with E-state index in [4.69, 9.17) is 16.3 Å². The normalized spacial score (nSPS) is 15.8. The summed E-state index contributed by atoms with van der Waals surface area (Å²) in [5.41, 5.74) is 4.73. The van der Waals surface area contributed by atoms with Crippen LogP contribution in [-0.4, -0.2) is 24.6 Å². The molecule has 1 fully saturated rings. The van der Waals surface area contributed by atoms with Crippen LogP contribution in [0.1, 0.15) is 17.5 Å². The average Bonchev–Trinajstić information content (AvgIpc) is 3.21. The Bertz CT molecular complexity index is 1170.